The molecule has 1 aromatic heterocycles. The predicted octanol–water partition coefficient (Wildman–Crippen LogP) is 3.56. The number of halogens is 1. The lowest BCUT2D eigenvalue weighted by Gasteiger charge is -2.30. The summed E-state index contributed by atoms with van der Waals surface area (Å²) in [5.74, 6) is 0.631. The first-order valence-electron chi connectivity index (χ1n) is 8.14. The Morgan fingerprint density at radius 2 is 2.21 bits per heavy atom. The summed E-state index contributed by atoms with van der Waals surface area (Å²) in [6.45, 7) is 3.84. The molecule has 0 bridgehead atoms. The predicted molar refractivity (Wildman–Crippen MR) is 95.7 cm³/mol. The van der Waals surface area contributed by atoms with E-state index < -0.39 is 0 Å². The van der Waals surface area contributed by atoms with Crippen molar-refractivity contribution in [2.24, 2.45) is 5.92 Å². The molecule has 0 aliphatic carbocycles. The summed E-state index contributed by atoms with van der Waals surface area (Å²) in [7, 11) is 0. The Morgan fingerprint density at radius 3 is 2.96 bits per heavy atom. The van der Waals surface area contributed by atoms with Gasteiger partial charge in [0.15, 0.2) is 0 Å². The highest BCUT2D eigenvalue weighted by molar-refractivity contribution is 7.09. The lowest BCUT2D eigenvalue weighted by Crippen LogP contribution is -2.39. The van der Waals surface area contributed by atoms with Crippen LogP contribution >= 0.6 is 23.1 Å². The van der Waals surface area contributed by atoms with Crippen LogP contribution in [0.3, 0.4) is 0 Å². The number of anilines is 1. The molecule has 1 saturated heterocycles. The number of nitrogens with zero attached hydrogens (tertiary/aromatic N) is 3. The quantitative estimate of drug-likeness (QED) is 0.758. The number of esters is 1. The van der Waals surface area contributed by atoms with Crippen molar-refractivity contribution in [3.8, 4) is 0 Å². The standard InChI is InChI=1S/C17H20ClN3O2S/c1-2-23-16(22)13-4-3-9-21(11-13)17-19-15(20-24-17)10-12-5-7-14(18)8-6-12/h5-8,13H,2-4,9-11H2,1H3/t13-/m0/s1. The van der Waals surface area contributed by atoms with Gasteiger partial charge in [0.2, 0.25) is 5.13 Å². The molecule has 128 valence electrons. The average molecular weight is 366 g/mol. The second-order valence-corrected chi connectivity index (χ2v) is 7.00. The van der Waals surface area contributed by atoms with Gasteiger partial charge in [-0.1, -0.05) is 23.7 Å². The van der Waals surface area contributed by atoms with Crippen molar-refractivity contribution in [3.05, 3.63) is 40.7 Å². The highest BCUT2D eigenvalue weighted by atomic mass is 35.5. The zero-order valence-electron chi connectivity index (χ0n) is 13.6. The monoisotopic (exact) mass is 365 g/mol. The number of piperidine rings is 1. The molecular formula is C17H20ClN3O2S. The van der Waals surface area contributed by atoms with E-state index in [4.69, 9.17) is 16.3 Å². The number of carbonyl (C=O) groups is 1. The van der Waals surface area contributed by atoms with Crippen molar-refractivity contribution in [1.29, 1.82) is 0 Å². The van der Waals surface area contributed by atoms with Crippen molar-refractivity contribution in [1.82, 2.24) is 9.36 Å². The maximum Gasteiger partial charge on any atom is 0.310 e. The molecule has 0 unspecified atom stereocenters. The maximum atomic E-state index is 12.0. The van der Waals surface area contributed by atoms with Crippen LogP contribution in [-0.4, -0.2) is 35.0 Å². The molecule has 0 amide bonds. The van der Waals surface area contributed by atoms with E-state index in [-0.39, 0.29) is 11.9 Å². The lowest BCUT2D eigenvalue weighted by atomic mass is 9.99. The van der Waals surface area contributed by atoms with Gasteiger partial charge in [-0.3, -0.25) is 4.79 Å². The molecular weight excluding hydrogens is 346 g/mol. The summed E-state index contributed by atoms with van der Waals surface area (Å²) in [4.78, 5) is 18.7. The van der Waals surface area contributed by atoms with Gasteiger partial charge in [-0.15, -0.1) is 0 Å². The highest BCUT2D eigenvalue weighted by Crippen LogP contribution is 2.26. The van der Waals surface area contributed by atoms with Crippen molar-refractivity contribution >= 4 is 34.2 Å². The van der Waals surface area contributed by atoms with E-state index in [1.807, 2.05) is 31.2 Å². The number of rotatable bonds is 5. The Labute approximate surface area is 150 Å². The minimum absolute atomic E-state index is 0.0673. The smallest absolute Gasteiger partial charge is 0.310 e. The van der Waals surface area contributed by atoms with E-state index in [0.29, 0.717) is 19.6 Å². The molecule has 1 aliphatic heterocycles. The van der Waals surface area contributed by atoms with Gasteiger partial charge in [0, 0.05) is 36.1 Å². The van der Waals surface area contributed by atoms with Crippen molar-refractivity contribution in [2.75, 3.05) is 24.6 Å². The van der Waals surface area contributed by atoms with Crippen LogP contribution in [0, 0.1) is 5.92 Å². The van der Waals surface area contributed by atoms with Crippen molar-refractivity contribution < 1.29 is 9.53 Å². The molecule has 0 N–H and O–H groups in total. The van der Waals surface area contributed by atoms with Crippen LogP contribution in [0.25, 0.3) is 0 Å². The van der Waals surface area contributed by atoms with Gasteiger partial charge in [-0.2, -0.15) is 4.37 Å². The fraction of sp³-hybridized carbons (Fsp3) is 0.471. The van der Waals surface area contributed by atoms with Gasteiger partial charge in [-0.25, -0.2) is 4.98 Å². The first-order valence-corrected chi connectivity index (χ1v) is 9.29. The minimum Gasteiger partial charge on any atom is -0.466 e. The van der Waals surface area contributed by atoms with E-state index in [1.165, 1.54) is 11.5 Å². The summed E-state index contributed by atoms with van der Waals surface area (Å²) in [6.07, 6.45) is 2.53. The third-order valence-electron chi connectivity index (χ3n) is 4.04. The van der Waals surface area contributed by atoms with Crippen LogP contribution in [0.1, 0.15) is 31.2 Å². The van der Waals surface area contributed by atoms with Gasteiger partial charge >= 0.3 is 5.97 Å². The van der Waals surface area contributed by atoms with Gasteiger partial charge in [0.05, 0.1) is 12.5 Å². The molecule has 2 heterocycles. The van der Waals surface area contributed by atoms with E-state index in [1.54, 1.807) is 0 Å². The Hall–Kier alpha value is -1.66. The largest absolute Gasteiger partial charge is 0.466 e. The van der Waals surface area contributed by atoms with Crippen LogP contribution in [-0.2, 0) is 16.0 Å². The summed E-state index contributed by atoms with van der Waals surface area (Å²) >= 11 is 7.30. The number of ether oxygens (including phenoxy) is 1. The van der Waals surface area contributed by atoms with Gasteiger partial charge < -0.3 is 9.64 Å². The molecule has 2 aromatic rings. The van der Waals surface area contributed by atoms with E-state index >= 15 is 0 Å². The number of hydrogen-bond acceptors (Lipinski definition) is 6. The molecule has 24 heavy (non-hydrogen) atoms. The molecule has 1 aliphatic rings. The van der Waals surface area contributed by atoms with Crippen LogP contribution in [0.2, 0.25) is 5.02 Å². The molecule has 0 spiro atoms. The maximum absolute atomic E-state index is 12.0. The van der Waals surface area contributed by atoms with Gasteiger partial charge in [-0.05, 0) is 37.5 Å². The lowest BCUT2D eigenvalue weighted by molar-refractivity contribution is -0.148. The van der Waals surface area contributed by atoms with Crippen molar-refractivity contribution in [3.63, 3.8) is 0 Å². The number of carbonyl (C=O) groups excluding carboxylic acids is 1. The highest BCUT2D eigenvalue weighted by Gasteiger charge is 2.28. The number of hydrogen-bond donors (Lipinski definition) is 0. The molecule has 0 radical (unpaired) electrons. The fourth-order valence-electron chi connectivity index (χ4n) is 2.83. The second-order valence-electron chi connectivity index (χ2n) is 5.83. The van der Waals surface area contributed by atoms with Gasteiger partial charge in [0.25, 0.3) is 0 Å². The Morgan fingerprint density at radius 1 is 1.42 bits per heavy atom. The fourth-order valence-corrected chi connectivity index (χ4v) is 3.68. The summed E-state index contributed by atoms with van der Waals surface area (Å²) < 4.78 is 9.61. The average Bonchev–Trinajstić information content (AvgIpc) is 3.06. The number of aromatic nitrogens is 2. The Balaban J connectivity index is 1.64. The second kappa shape index (κ2) is 7.94. The van der Waals surface area contributed by atoms with Crippen molar-refractivity contribution in [2.45, 2.75) is 26.2 Å². The van der Waals surface area contributed by atoms with E-state index in [0.717, 1.165) is 40.9 Å². The van der Waals surface area contributed by atoms with Crippen LogP contribution in [0.4, 0.5) is 5.13 Å². The summed E-state index contributed by atoms with van der Waals surface area (Å²) in [6, 6.07) is 7.72. The number of benzene rings is 1. The molecule has 1 atom stereocenters. The normalized spacial score (nSPS) is 17.8. The molecule has 0 saturated carbocycles. The van der Waals surface area contributed by atoms with Gasteiger partial charge in [0.1, 0.15) is 5.82 Å². The zero-order valence-corrected chi connectivity index (χ0v) is 15.1. The van der Waals surface area contributed by atoms with E-state index in [9.17, 15) is 4.79 Å². The van der Waals surface area contributed by atoms with Crippen LogP contribution < -0.4 is 4.90 Å². The SMILES string of the molecule is CCOC(=O)[C@H]1CCCN(c2nc(Cc3ccc(Cl)cc3)ns2)C1. The van der Waals surface area contributed by atoms with E-state index in [2.05, 4.69) is 14.3 Å². The topological polar surface area (TPSA) is 55.3 Å². The zero-order chi connectivity index (χ0) is 16.9. The first kappa shape index (κ1) is 17.2. The Kier molecular flexibility index (Phi) is 5.68. The van der Waals surface area contributed by atoms with Crippen LogP contribution in [0.15, 0.2) is 24.3 Å². The summed E-state index contributed by atoms with van der Waals surface area (Å²) in [5, 5.41) is 1.61. The first-order chi connectivity index (χ1) is 11.7. The third-order valence-corrected chi connectivity index (χ3v) is 5.11. The minimum atomic E-state index is -0.104. The molecule has 7 heteroatoms. The Bertz CT molecular complexity index is 689. The molecule has 1 aromatic carbocycles. The van der Waals surface area contributed by atoms with Crippen LogP contribution in [0.5, 0.6) is 0 Å². The molecule has 3 rings (SSSR count). The third kappa shape index (κ3) is 4.24. The molecule has 5 nitrogen and oxygen atoms in total. The summed E-state index contributed by atoms with van der Waals surface area (Å²) in [5.41, 5.74) is 1.13. The molecule has 1 fully saturated rings.